The van der Waals surface area contributed by atoms with E-state index < -0.39 is 0 Å². The number of aryl methyl sites for hydroxylation is 1. The smallest absolute Gasteiger partial charge is 0.130 e. The van der Waals surface area contributed by atoms with Gasteiger partial charge in [-0.2, -0.15) is 0 Å². The van der Waals surface area contributed by atoms with Crippen LogP contribution in [0.3, 0.4) is 0 Å². The van der Waals surface area contributed by atoms with E-state index in [1.165, 1.54) is 0 Å². The van der Waals surface area contributed by atoms with Crippen molar-refractivity contribution in [2.24, 2.45) is 0 Å². The highest BCUT2D eigenvalue weighted by Gasteiger charge is 1.97. The third-order valence-corrected chi connectivity index (χ3v) is 1.96. The van der Waals surface area contributed by atoms with Gasteiger partial charge in [-0.25, -0.2) is 0 Å². The first-order chi connectivity index (χ1) is 5.68. The fourth-order valence-corrected chi connectivity index (χ4v) is 1.33. The molecule has 0 saturated heterocycles. The van der Waals surface area contributed by atoms with Crippen LogP contribution in [0.5, 0.6) is 0 Å². The zero-order chi connectivity index (χ0) is 8.97. The maximum atomic E-state index is 10.7. The zero-order valence-corrected chi connectivity index (χ0v) is 8.47. The molecule has 0 radical (unpaired) electrons. The normalized spacial score (nSPS) is 9.83. The number of rotatable bonds is 3. The lowest BCUT2D eigenvalue weighted by molar-refractivity contribution is -0.116. The van der Waals surface area contributed by atoms with Gasteiger partial charge in [0.25, 0.3) is 0 Å². The highest BCUT2D eigenvalue weighted by atomic mass is 79.9. The van der Waals surface area contributed by atoms with Gasteiger partial charge in [-0.3, -0.25) is 4.98 Å². The molecule has 0 N–H and O–H groups in total. The van der Waals surface area contributed by atoms with Gasteiger partial charge in [0.05, 0.1) is 0 Å². The number of halogens is 1. The lowest BCUT2D eigenvalue weighted by atomic mass is 10.1. The van der Waals surface area contributed by atoms with Crippen molar-refractivity contribution in [3.8, 4) is 0 Å². The largest absolute Gasteiger partial charge is 0.300 e. The maximum Gasteiger partial charge on any atom is 0.130 e. The summed E-state index contributed by atoms with van der Waals surface area (Å²) in [4.78, 5) is 14.7. The highest BCUT2D eigenvalue weighted by molar-refractivity contribution is 9.10. The number of hydrogen-bond donors (Lipinski definition) is 0. The Morgan fingerprint density at radius 3 is 2.92 bits per heavy atom. The molecule has 1 aromatic heterocycles. The number of ketones is 1. The molecule has 0 aliphatic heterocycles. The second-order valence-corrected chi connectivity index (χ2v) is 3.63. The topological polar surface area (TPSA) is 30.0 Å². The Morgan fingerprint density at radius 2 is 2.33 bits per heavy atom. The predicted octanol–water partition coefficient (Wildman–Crippen LogP) is 2.37. The first-order valence-corrected chi connectivity index (χ1v) is 4.56. The molecule has 1 aromatic rings. The molecule has 0 fully saturated rings. The van der Waals surface area contributed by atoms with E-state index in [0.29, 0.717) is 6.42 Å². The molecule has 0 bridgehead atoms. The van der Waals surface area contributed by atoms with Crippen molar-refractivity contribution in [3.05, 3.63) is 28.5 Å². The van der Waals surface area contributed by atoms with E-state index in [0.717, 1.165) is 16.5 Å². The summed E-state index contributed by atoms with van der Waals surface area (Å²) in [5.74, 6) is 0.218. The SMILES string of the molecule is CC(=O)CCc1cncc(Br)c1. The van der Waals surface area contributed by atoms with E-state index in [2.05, 4.69) is 20.9 Å². The molecule has 64 valence electrons. The Morgan fingerprint density at radius 1 is 1.58 bits per heavy atom. The quantitative estimate of drug-likeness (QED) is 0.794. The van der Waals surface area contributed by atoms with Crippen molar-refractivity contribution in [2.45, 2.75) is 19.8 Å². The van der Waals surface area contributed by atoms with Crippen molar-refractivity contribution in [2.75, 3.05) is 0 Å². The molecule has 3 heteroatoms. The van der Waals surface area contributed by atoms with Gasteiger partial charge in [-0.05, 0) is 40.9 Å². The molecule has 0 aliphatic rings. The summed E-state index contributed by atoms with van der Waals surface area (Å²) in [6.07, 6.45) is 4.89. The first kappa shape index (κ1) is 9.39. The number of carbonyl (C=O) groups excluding carboxylic acids is 1. The summed E-state index contributed by atoms with van der Waals surface area (Å²) in [5, 5.41) is 0. The third-order valence-electron chi connectivity index (χ3n) is 1.53. The molecule has 12 heavy (non-hydrogen) atoms. The van der Waals surface area contributed by atoms with E-state index in [9.17, 15) is 4.79 Å². The van der Waals surface area contributed by atoms with Gasteiger partial charge >= 0.3 is 0 Å². The molecule has 2 nitrogen and oxygen atoms in total. The van der Waals surface area contributed by atoms with Gasteiger partial charge in [-0.1, -0.05) is 0 Å². The fourth-order valence-electron chi connectivity index (χ4n) is 0.913. The molecule has 0 unspecified atom stereocenters. The summed E-state index contributed by atoms with van der Waals surface area (Å²) in [7, 11) is 0. The van der Waals surface area contributed by atoms with Crippen molar-refractivity contribution in [3.63, 3.8) is 0 Å². The number of pyridine rings is 1. The average molecular weight is 228 g/mol. The number of aromatic nitrogens is 1. The lowest BCUT2D eigenvalue weighted by Crippen LogP contribution is -1.94. The van der Waals surface area contributed by atoms with Gasteiger partial charge in [0.1, 0.15) is 5.78 Å². The van der Waals surface area contributed by atoms with Crippen molar-refractivity contribution >= 4 is 21.7 Å². The molecule has 1 heterocycles. The van der Waals surface area contributed by atoms with E-state index in [4.69, 9.17) is 0 Å². The Hall–Kier alpha value is -0.700. The Labute approximate surface area is 80.1 Å². The van der Waals surface area contributed by atoms with Crippen LogP contribution in [0.25, 0.3) is 0 Å². The third kappa shape index (κ3) is 3.13. The van der Waals surface area contributed by atoms with Crippen LogP contribution in [-0.2, 0) is 11.2 Å². The van der Waals surface area contributed by atoms with Crippen LogP contribution in [0.2, 0.25) is 0 Å². The average Bonchev–Trinajstić information content (AvgIpc) is 2.01. The second-order valence-electron chi connectivity index (χ2n) is 2.71. The molecule has 0 atom stereocenters. The molecular formula is C9H10BrNO. The van der Waals surface area contributed by atoms with E-state index in [1.807, 2.05) is 6.07 Å². The standard InChI is InChI=1S/C9H10BrNO/c1-7(12)2-3-8-4-9(10)6-11-5-8/h4-6H,2-3H2,1H3. The fraction of sp³-hybridized carbons (Fsp3) is 0.333. The second kappa shape index (κ2) is 4.36. The van der Waals surface area contributed by atoms with Crippen molar-refractivity contribution in [1.29, 1.82) is 0 Å². The van der Waals surface area contributed by atoms with Crippen LogP contribution < -0.4 is 0 Å². The van der Waals surface area contributed by atoms with Gasteiger partial charge in [-0.15, -0.1) is 0 Å². The van der Waals surface area contributed by atoms with Crippen molar-refractivity contribution < 1.29 is 4.79 Å². The summed E-state index contributed by atoms with van der Waals surface area (Å²) < 4.78 is 0.962. The number of Topliss-reactive ketones (excluding diaryl/α,β-unsaturated/α-hetero) is 1. The molecule has 0 amide bonds. The number of hydrogen-bond acceptors (Lipinski definition) is 2. The number of nitrogens with zero attached hydrogens (tertiary/aromatic N) is 1. The predicted molar refractivity (Wildman–Crippen MR) is 50.9 cm³/mol. The van der Waals surface area contributed by atoms with Crippen LogP contribution in [0.1, 0.15) is 18.9 Å². The molecule has 1 rings (SSSR count). The summed E-state index contributed by atoms with van der Waals surface area (Å²) >= 11 is 3.32. The summed E-state index contributed by atoms with van der Waals surface area (Å²) in [6.45, 7) is 1.60. The summed E-state index contributed by atoms with van der Waals surface area (Å²) in [5.41, 5.74) is 1.10. The van der Waals surface area contributed by atoms with Crippen LogP contribution in [0.15, 0.2) is 22.9 Å². The van der Waals surface area contributed by atoms with Gasteiger partial charge in [0.2, 0.25) is 0 Å². The molecular weight excluding hydrogens is 218 g/mol. The highest BCUT2D eigenvalue weighted by Crippen LogP contribution is 2.10. The van der Waals surface area contributed by atoms with Crippen LogP contribution >= 0.6 is 15.9 Å². The van der Waals surface area contributed by atoms with Crippen LogP contribution in [0.4, 0.5) is 0 Å². The minimum Gasteiger partial charge on any atom is -0.300 e. The minimum absolute atomic E-state index is 0.218. The van der Waals surface area contributed by atoms with Crippen LogP contribution in [0, 0.1) is 0 Å². The van der Waals surface area contributed by atoms with Gasteiger partial charge in [0.15, 0.2) is 0 Å². The monoisotopic (exact) mass is 227 g/mol. The molecule has 0 aliphatic carbocycles. The molecule has 0 spiro atoms. The van der Waals surface area contributed by atoms with E-state index in [1.54, 1.807) is 19.3 Å². The Kier molecular flexibility index (Phi) is 3.41. The van der Waals surface area contributed by atoms with Crippen LogP contribution in [-0.4, -0.2) is 10.8 Å². The first-order valence-electron chi connectivity index (χ1n) is 3.77. The van der Waals surface area contributed by atoms with E-state index >= 15 is 0 Å². The van der Waals surface area contributed by atoms with Crippen molar-refractivity contribution in [1.82, 2.24) is 4.98 Å². The van der Waals surface area contributed by atoms with E-state index in [-0.39, 0.29) is 5.78 Å². The van der Waals surface area contributed by atoms with Gasteiger partial charge in [0, 0.05) is 23.3 Å². The zero-order valence-electron chi connectivity index (χ0n) is 6.88. The Balaban J connectivity index is 2.57. The Bertz CT molecular complexity index is 286. The molecule has 0 aromatic carbocycles. The maximum absolute atomic E-state index is 10.7. The minimum atomic E-state index is 0.218. The molecule has 0 saturated carbocycles. The van der Waals surface area contributed by atoms with Gasteiger partial charge < -0.3 is 4.79 Å². The summed E-state index contributed by atoms with van der Waals surface area (Å²) in [6, 6.07) is 1.98. The lowest BCUT2D eigenvalue weighted by Gasteiger charge is -1.97. The number of carbonyl (C=O) groups is 1.